The van der Waals surface area contributed by atoms with Crippen molar-refractivity contribution < 1.29 is 34.7 Å². The molecule has 1 aliphatic rings. The molecule has 0 aliphatic carbocycles. The normalized spacial score (nSPS) is 30.2. The van der Waals surface area contributed by atoms with Gasteiger partial charge in [0.15, 0.2) is 12.4 Å². The van der Waals surface area contributed by atoms with Gasteiger partial charge in [-0.05, 0) is 19.3 Å². The van der Waals surface area contributed by atoms with Crippen LogP contribution in [0.5, 0.6) is 0 Å². The Hall–Kier alpha value is -0.990. The van der Waals surface area contributed by atoms with Gasteiger partial charge in [-0.15, -0.1) is 6.58 Å². The number of aliphatic carboxylic acids is 1. The van der Waals surface area contributed by atoms with Crippen LogP contribution in [0.2, 0.25) is 0 Å². The lowest BCUT2D eigenvalue weighted by Crippen LogP contribution is -2.60. The molecular weight excluding hydrogens is 316 g/mol. The second-order valence-electron chi connectivity index (χ2n) is 6.16. The Bertz CT molecular complexity index is 374. The van der Waals surface area contributed by atoms with Gasteiger partial charge < -0.3 is 29.9 Å². The van der Waals surface area contributed by atoms with Crippen LogP contribution in [-0.4, -0.2) is 63.7 Å². The summed E-state index contributed by atoms with van der Waals surface area (Å²) in [7, 11) is 0. The smallest absolute Gasteiger partial charge is 0.335 e. The quantitative estimate of drug-likeness (QED) is 0.310. The maximum Gasteiger partial charge on any atom is 0.335 e. The molecule has 7 nitrogen and oxygen atoms in total. The van der Waals surface area contributed by atoms with Gasteiger partial charge in [0.2, 0.25) is 0 Å². The van der Waals surface area contributed by atoms with Gasteiger partial charge >= 0.3 is 5.97 Å². The lowest BCUT2D eigenvalue weighted by Gasteiger charge is -2.38. The number of ether oxygens (including phenoxy) is 2. The minimum Gasteiger partial charge on any atom is -0.479 e. The molecule has 4 N–H and O–H groups in total. The molecule has 0 spiro atoms. The van der Waals surface area contributed by atoms with Crippen molar-refractivity contribution in [3.63, 3.8) is 0 Å². The summed E-state index contributed by atoms with van der Waals surface area (Å²) in [5, 5.41) is 38.0. The van der Waals surface area contributed by atoms with Gasteiger partial charge in [0.25, 0.3) is 0 Å². The van der Waals surface area contributed by atoms with Crippen molar-refractivity contribution in [2.75, 3.05) is 6.61 Å². The van der Waals surface area contributed by atoms with Crippen LogP contribution in [0.4, 0.5) is 0 Å². The first kappa shape index (κ1) is 21.1. The predicted octanol–water partition coefficient (Wildman–Crippen LogP) is 1.20. The van der Waals surface area contributed by atoms with Gasteiger partial charge in [-0.1, -0.05) is 38.2 Å². The predicted molar refractivity (Wildman–Crippen MR) is 87.4 cm³/mol. The molecule has 0 bridgehead atoms. The number of allylic oxidation sites excluding steroid dienone is 1. The molecule has 0 aromatic rings. The monoisotopic (exact) mass is 346 g/mol. The Morgan fingerprint density at radius 3 is 2.12 bits per heavy atom. The largest absolute Gasteiger partial charge is 0.479 e. The summed E-state index contributed by atoms with van der Waals surface area (Å²) in [5.74, 6) is -1.40. The minimum atomic E-state index is -1.68. The Balaban J connectivity index is 2.15. The Labute approximate surface area is 142 Å². The van der Waals surface area contributed by atoms with Gasteiger partial charge in [-0.25, -0.2) is 4.79 Å². The highest BCUT2D eigenvalue weighted by Crippen LogP contribution is 2.22. The van der Waals surface area contributed by atoms with E-state index in [1.807, 2.05) is 6.08 Å². The van der Waals surface area contributed by atoms with Crippen molar-refractivity contribution in [1.29, 1.82) is 0 Å². The van der Waals surface area contributed by atoms with E-state index in [1.54, 1.807) is 0 Å². The molecule has 1 heterocycles. The van der Waals surface area contributed by atoms with E-state index in [-0.39, 0.29) is 0 Å². The topological polar surface area (TPSA) is 116 Å². The molecule has 0 saturated carbocycles. The van der Waals surface area contributed by atoms with Crippen molar-refractivity contribution in [3.05, 3.63) is 12.7 Å². The highest BCUT2D eigenvalue weighted by Gasteiger charge is 2.47. The number of carbonyl (C=O) groups is 1. The maximum atomic E-state index is 11.0. The van der Waals surface area contributed by atoms with E-state index < -0.39 is 36.7 Å². The van der Waals surface area contributed by atoms with Crippen molar-refractivity contribution >= 4 is 5.97 Å². The number of hydrogen-bond donors (Lipinski definition) is 4. The van der Waals surface area contributed by atoms with E-state index in [9.17, 15) is 20.1 Å². The molecule has 0 aromatic heterocycles. The number of rotatable bonds is 12. The maximum absolute atomic E-state index is 11.0. The van der Waals surface area contributed by atoms with E-state index in [1.165, 1.54) is 19.3 Å². The first-order valence-electron chi connectivity index (χ1n) is 8.64. The summed E-state index contributed by atoms with van der Waals surface area (Å²) >= 11 is 0. The van der Waals surface area contributed by atoms with E-state index >= 15 is 0 Å². The highest BCUT2D eigenvalue weighted by molar-refractivity contribution is 5.73. The van der Waals surface area contributed by atoms with E-state index in [4.69, 9.17) is 14.6 Å². The molecule has 7 heteroatoms. The third-order valence-corrected chi connectivity index (χ3v) is 4.15. The first-order valence-corrected chi connectivity index (χ1v) is 8.64. The molecule has 0 radical (unpaired) electrons. The molecule has 1 aliphatic heterocycles. The Morgan fingerprint density at radius 1 is 0.958 bits per heavy atom. The van der Waals surface area contributed by atoms with Crippen molar-refractivity contribution in [3.8, 4) is 0 Å². The SMILES string of the molecule is C=CCCCCCCCCCO[C@@H]1O[C@H](C(=O)O)[C@@H](O)[C@H](O)[C@H]1O. The van der Waals surface area contributed by atoms with Crippen LogP contribution in [0.3, 0.4) is 0 Å². The van der Waals surface area contributed by atoms with Crippen LogP contribution in [-0.2, 0) is 14.3 Å². The average Bonchev–Trinajstić information content (AvgIpc) is 2.56. The van der Waals surface area contributed by atoms with Gasteiger partial charge in [-0.2, -0.15) is 0 Å². The molecule has 24 heavy (non-hydrogen) atoms. The zero-order valence-electron chi connectivity index (χ0n) is 14.0. The van der Waals surface area contributed by atoms with E-state index in [0.717, 1.165) is 32.1 Å². The molecule has 0 unspecified atom stereocenters. The number of hydrogen-bond acceptors (Lipinski definition) is 6. The molecule has 1 rings (SSSR count). The standard InChI is InChI=1S/C17H30O7/c1-2-3-4-5-6-7-8-9-10-11-23-17-14(20)12(18)13(19)15(24-17)16(21)22/h2,12-15,17-20H,1,3-11H2,(H,21,22)/t12-,13-,14+,15-,17+/m0/s1. The summed E-state index contributed by atoms with van der Waals surface area (Å²) in [4.78, 5) is 11.0. The fraction of sp³-hybridized carbons (Fsp3) is 0.824. The van der Waals surface area contributed by atoms with Gasteiger partial charge in [-0.3, -0.25) is 0 Å². The van der Waals surface area contributed by atoms with E-state index in [0.29, 0.717) is 6.61 Å². The zero-order chi connectivity index (χ0) is 17.9. The summed E-state index contributed by atoms with van der Waals surface area (Å²) in [6.45, 7) is 3.99. The first-order chi connectivity index (χ1) is 11.5. The number of carboxylic acid groups (broad SMARTS) is 1. The third kappa shape index (κ3) is 6.86. The Kier molecular flexibility index (Phi) is 10.1. The van der Waals surface area contributed by atoms with Crippen molar-refractivity contribution in [2.24, 2.45) is 0 Å². The summed E-state index contributed by atoms with van der Waals surface area (Å²) in [6, 6.07) is 0. The zero-order valence-corrected chi connectivity index (χ0v) is 14.0. The van der Waals surface area contributed by atoms with Gasteiger partial charge in [0.05, 0.1) is 0 Å². The van der Waals surface area contributed by atoms with Crippen LogP contribution in [0.15, 0.2) is 12.7 Å². The second kappa shape index (κ2) is 11.5. The van der Waals surface area contributed by atoms with Crippen molar-refractivity contribution in [2.45, 2.75) is 82.1 Å². The number of aliphatic hydroxyl groups is 3. The summed E-state index contributed by atoms with van der Waals surface area (Å²) < 4.78 is 10.4. The van der Waals surface area contributed by atoms with Crippen LogP contribution in [0.25, 0.3) is 0 Å². The average molecular weight is 346 g/mol. The van der Waals surface area contributed by atoms with Gasteiger partial charge in [0.1, 0.15) is 18.3 Å². The number of aliphatic hydroxyl groups excluding tert-OH is 3. The third-order valence-electron chi connectivity index (χ3n) is 4.15. The second-order valence-corrected chi connectivity index (χ2v) is 6.16. The molecule has 0 amide bonds. The van der Waals surface area contributed by atoms with Crippen molar-refractivity contribution in [1.82, 2.24) is 0 Å². The summed E-state index contributed by atoms with van der Waals surface area (Å²) in [6.07, 6.45) is 2.95. The fourth-order valence-corrected chi connectivity index (χ4v) is 2.66. The van der Waals surface area contributed by atoms with Gasteiger partial charge in [0, 0.05) is 6.61 Å². The lowest BCUT2D eigenvalue weighted by molar-refractivity contribution is -0.294. The lowest BCUT2D eigenvalue weighted by atomic mass is 9.99. The molecule has 5 atom stereocenters. The molecule has 1 saturated heterocycles. The number of unbranched alkanes of at least 4 members (excludes halogenated alkanes) is 7. The molecule has 1 fully saturated rings. The van der Waals surface area contributed by atoms with Crippen LogP contribution in [0, 0.1) is 0 Å². The molecule has 0 aromatic carbocycles. The van der Waals surface area contributed by atoms with Crippen LogP contribution in [0.1, 0.15) is 51.4 Å². The van der Waals surface area contributed by atoms with Crippen LogP contribution >= 0.6 is 0 Å². The molecule has 140 valence electrons. The summed E-state index contributed by atoms with van der Waals surface area (Å²) in [5.41, 5.74) is 0. The fourth-order valence-electron chi connectivity index (χ4n) is 2.66. The van der Waals surface area contributed by atoms with Crippen LogP contribution < -0.4 is 0 Å². The minimum absolute atomic E-state index is 0.299. The van der Waals surface area contributed by atoms with E-state index in [2.05, 4.69) is 6.58 Å². The Morgan fingerprint density at radius 2 is 1.54 bits per heavy atom. The highest BCUT2D eigenvalue weighted by atomic mass is 16.7. The molecular formula is C17H30O7. The number of carboxylic acids is 1.